The number of hydrogen-bond donors (Lipinski definition) is 1. The molecular weight excluding hydrogens is 384 g/mol. The highest BCUT2D eigenvalue weighted by atomic mass is 16.4. The fourth-order valence-electron chi connectivity index (χ4n) is 8.12. The smallest absolute Gasteiger partial charge is 0.247 e. The van der Waals surface area contributed by atoms with E-state index in [0.717, 1.165) is 54.9 Å². The van der Waals surface area contributed by atoms with E-state index in [-0.39, 0.29) is 11.5 Å². The van der Waals surface area contributed by atoms with Gasteiger partial charge in [0, 0.05) is 11.5 Å². The number of aromatic nitrogens is 2. The molecule has 0 saturated heterocycles. The summed E-state index contributed by atoms with van der Waals surface area (Å²) in [6.45, 7) is 5.00. The maximum Gasteiger partial charge on any atom is 0.247 e. The van der Waals surface area contributed by atoms with E-state index >= 15 is 0 Å². The minimum absolute atomic E-state index is 0.128. The second-order valence-electron chi connectivity index (χ2n) is 11.1. The fraction of sp³-hybridized carbons (Fsp3) is 0.630. The number of fused-ring (bicyclic) bond motifs is 5. The molecule has 164 valence electrons. The van der Waals surface area contributed by atoms with Gasteiger partial charge in [-0.25, -0.2) is 0 Å². The standard InChI is InChI=1S/C27H34N2O2/c1-26-14-12-19(30)16-18(26)8-9-20-21-10-11-23(27(21,2)15-13-22(20)26)25-29-28-24(31-25)17-6-4-3-5-7-17/h3-8,19-23,30H,9-16H2,1-2H3/t19-,20-,21-,22-,23+,26-,27-/m0/s1. The molecule has 1 N–H and O–H groups in total. The van der Waals surface area contributed by atoms with E-state index in [2.05, 4.69) is 30.1 Å². The minimum atomic E-state index is -0.128. The Morgan fingerprint density at radius 2 is 1.81 bits per heavy atom. The highest BCUT2D eigenvalue weighted by molar-refractivity contribution is 5.51. The molecule has 0 spiro atoms. The molecule has 4 aliphatic rings. The van der Waals surface area contributed by atoms with Crippen LogP contribution in [0.5, 0.6) is 0 Å². The molecule has 0 radical (unpaired) electrons. The molecule has 3 saturated carbocycles. The second-order valence-corrected chi connectivity index (χ2v) is 11.1. The molecule has 2 aromatic rings. The lowest BCUT2D eigenvalue weighted by Crippen LogP contribution is -2.50. The lowest BCUT2D eigenvalue weighted by Gasteiger charge is -2.57. The molecule has 4 nitrogen and oxygen atoms in total. The number of rotatable bonds is 2. The average molecular weight is 419 g/mol. The van der Waals surface area contributed by atoms with Crippen LogP contribution in [0.3, 0.4) is 0 Å². The minimum Gasteiger partial charge on any atom is -0.420 e. The summed E-state index contributed by atoms with van der Waals surface area (Å²) in [7, 11) is 0. The van der Waals surface area contributed by atoms with Gasteiger partial charge in [-0.1, -0.05) is 43.7 Å². The van der Waals surface area contributed by atoms with Crippen molar-refractivity contribution in [3.8, 4) is 11.5 Å². The van der Waals surface area contributed by atoms with Crippen LogP contribution in [0.25, 0.3) is 11.5 Å². The Morgan fingerprint density at radius 1 is 0.968 bits per heavy atom. The SMILES string of the molecule is C[C@]12CC[C@H]3[C@@H](CC=C4C[C@@H](O)CC[C@@]43C)[C@@H]1CC[C@@H]2c1nnc(-c2ccccc2)o1. The van der Waals surface area contributed by atoms with E-state index in [1.165, 1.54) is 25.7 Å². The highest BCUT2D eigenvalue weighted by Crippen LogP contribution is 2.67. The van der Waals surface area contributed by atoms with Crippen molar-refractivity contribution < 1.29 is 9.52 Å². The van der Waals surface area contributed by atoms with E-state index < -0.39 is 0 Å². The van der Waals surface area contributed by atoms with Crippen LogP contribution < -0.4 is 0 Å². The Morgan fingerprint density at radius 3 is 2.65 bits per heavy atom. The van der Waals surface area contributed by atoms with Gasteiger partial charge >= 0.3 is 0 Å². The van der Waals surface area contributed by atoms with Crippen LogP contribution in [0.2, 0.25) is 0 Å². The van der Waals surface area contributed by atoms with Gasteiger partial charge in [-0.15, -0.1) is 10.2 Å². The van der Waals surface area contributed by atoms with Crippen LogP contribution in [0.15, 0.2) is 46.4 Å². The van der Waals surface area contributed by atoms with Crippen LogP contribution >= 0.6 is 0 Å². The van der Waals surface area contributed by atoms with Crippen molar-refractivity contribution in [2.45, 2.75) is 77.2 Å². The molecule has 3 fully saturated rings. The Bertz CT molecular complexity index is 998. The molecule has 31 heavy (non-hydrogen) atoms. The van der Waals surface area contributed by atoms with Crippen LogP contribution in [-0.2, 0) is 0 Å². The predicted molar refractivity (Wildman–Crippen MR) is 120 cm³/mol. The van der Waals surface area contributed by atoms with Gasteiger partial charge < -0.3 is 9.52 Å². The largest absolute Gasteiger partial charge is 0.420 e. The highest BCUT2D eigenvalue weighted by Gasteiger charge is 2.59. The molecule has 0 bridgehead atoms. The zero-order valence-electron chi connectivity index (χ0n) is 18.8. The molecular formula is C27H34N2O2. The first kappa shape index (κ1) is 19.7. The van der Waals surface area contributed by atoms with Crippen molar-refractivity contribution in [3.05, 3.63) is 47.9 Å². The van der Waals surface area contributed by atoms with Gasteiger partial charge in [0.25, 0.3) is 0 Å². The van der Waals surface area contributed by atoms with Crippen LogP contribution in [0, 0.1) is 28.6 Å². The third-order valence-electron chi connectivity index (χ3n) is 9.84. The summed E-state index contributed by atoms with van der Waals surface area (Å²) in [5.41, 5.74) is 3.10. The second kappa shape index (κ2) is 7.03. The third-order valence-corrected chi connectivity index (χ3v) is 9.84. The van der Waals surface area contributed by atoms with Crippen molar-refractivity contribution in [2.75, 3.05) is 0 Å². The zero-order chi connectivity index (χ0) is 21.2. The summed E-state index contributed by atoms with van der Waals surface area (Å²) in [4.78, 5) is 0. The van der Waals surface area contributed by atoms with Gasteiger partial charge in [0.1, 0.15) is 0 Å². The molecule has 4 aliphatic carbocycles. The van der Waals surface area contributed by atoms with Gasteiger partial charge in [-0.2, -0.15) is 0 Å². The first-order chi connectivity index (χ1) is 15.0. The first-order valence-corrected chi connectivity index (χ1v) is 12.3. The van der Waals surface area contributed by atoms with E-state index in [0.29, 0.717) is 17.2 Å². The number of aliphatic hydroxyl groups is 1. The maximum absolute atomic E-state index is 10.2. The van der Waals surface area contributed by atoms with Gasteiger partial charge in [-0.05, 0) is 92.1 Å². The van der Waals surface area contributed by atoms with Crippen LogP contribution in [0.4, 0.5) is 0 Å². The molecule has 6 rings (SSSR count). The van der Waals surface area contributed by atoms with Crippen molar-refractivity contribution in [1.82, 2.24) is 10.2 Å². The van der Waals surface area contributed by atoms with Gasteiger partial charge in [0.05, 0.1) is 6.10 Å². The zero-order valence-corrected chi connectivity index (χ0v) is 18.8. The number of aliphatic hydroxyl groups excluding tert-OH is 1. The topological polar surface area (TPSA) is 59.2 Å². The van der Waals surface area contributed by atoms with Crippen LogP contribution in [0.1, 0.15) is 77.0 Å². The van der Waals surface area contributed by atoms with Gasteiger partial charge in [0.15, 0.2) is 0 Å². The summed E-state index contributed by atoms with van der Waals surface area (Å²) in [6.07, 6.45) is 11.6. The molecule has 0 aliphatic heterocycles. The number of hydrogen-bond acceptors (Lipinski definition) is 4. The Labute approximate surface area is 185 Å². The summed E-state index contributed by atoms with van der Waals surface area (Å²) >= 11 is 0. The van der Waals surface area contributed by atoms with Crippen LogP contribution in [-0.4, -0.2) is 21.4 Å². The molecule has 1 heterocycles. The summed E-state index contributed by atoms with van der Waals surface area (Å²) in [5, 5.41) is 19.2. The molecule has 0 unspecified atom stereocenters. The molecule has 0 amide bonds. The van der Waals surface area contributed by atoms with E-state index in [1.807, 2.05) is 30.3 Å². The van der Waals surface area contributed by atoms with Crippen molar-refractivity contribution in [3.63, 3.8) is 0 Å². The van der Waals surface area contributed by atoms with Gasteiger partial charge in [0.2, 0.25) is 11.8 Å². The lowest BCUT2D eigenvalue weighted by atomic mass is 9.47. The Kier molecular flexibility index (Phi) is 4.47. The maximum atomic E-state index is 10.2. The summed E-state index contributed by atoms with van der Waals surface area (Å²) in [6, 6.07) is 10.1. The summed E-state index contributed by atoms with van der Waals surface area (Å²) < 4.78 is 6.26. The monoisotopic (exact) mass is 418 g/mol. The normalized spacial score (nSPS) is 41.8. The number of benzene rings is 1. The predicted octanol–water partition coefficient (Wildman–Crippen LogP) is 6.14. The van der Waals surface area contributed by atoms with E-state index in [1.54, 1.807) is 5.57 Å². The first-order valence-electron chi connectivity index (χ1n) is 12.3. The van der Waals surface area contributed by atoms with E-state index in [4.69, 9.17) is 4.42 Å². The van der Waals surface area contributed by atoms with Crippen molar-refractivity contribution in [1.29, 1.82) is 0 Å². The molecule has 7 atom stereocenters. The molecule has 1 aromatic carbocycles. The lowest BCUT2D eigenvalue weighted by molar-refractivity contribution is -0.0428. The number of nitrogens with zero attached hydrogens (tertiary/aromatic N) is 2. The average Bonchev–Trinajstić information content (AvgIpc) is 3.39. The third kappa shape index (κ3) is 2.90. The quantitative estimate of drug-likeness (QED) is 0.595. The summed E-state index contributed by atoms with van der Waals surface area (Å²) in [5.74, 6) is 4.11. The van der Waals surface area contributed by atoms with Gasteiger partial charge in [-0.3, -0.25) is 0 Å². The Balaban J connectivity index is 1.29. The number of allylic oxidation sites excluding steroid dienone is 1. The van der Waals surface area contributed by atoms with E-state index in [9.17, 15) is 5.11 Å². The van der Waals surface area contributed by atoms with Crippen molar-refractivity contribution >= 4 is 0 Å². The van der Waals surface area contributed by atoms with Crippen molar-refractivity contribution in [2.24, 2.45) is 28.6 Å². The molecule has 4 heteroatoms. The Hall–Kier alpha value is -1.94. The molecule has 1 aromatic heterocycles. The fourth-order valence-corrected chi connectivity index (χ4v) is 8.12.